The smallest absolute Gasteiger partial charge is 0.0500 e. The Balaban J connectivity index is 2.26. The van der Waals surface area contributed by atoms with Gasteiger partial charge in [-0.3, -0.25) is 11.3 Å². The van der Waals surface area contributed by atoms with Gasteiger partial charge in [0.15, 0.2) is 0 Å². The molecule has 0 saturated heterocycles. The predicted molar refractivity (Wildman–Crippen MR) is 86.1 cm³/mol. The van der Waals surface area contributed by atoms with Crippen molar-refractivity contribution in [2.45, 2.75) is 26.3 Å². The maximum Gasteiger partial charge on any atom is 0.0500 e. The van der Waals surface area contributed by atoms with E-state index in [4.69, 9.17) is 29.0 Å². The topological polar surface area (TPSA) is 38.0 Å². The predicted octanol–water partition coefficient (Wildman–Crippen LogP) is 4.36. The first-order chi connectivity index (χ1) is 9.51. The van der Waals surface area contributed by atoms with E-state index in [-0.39, 0.29) is 6.04 Å². The normalized spacial score (nSPS) is 12.4. The first kappa shape index (κ1) is 15.3. The summed E-state index contributed by atoms with van der Waals surface area (Å²) < 4.78 is 0. The monoisotopic (exact) mass is 308 g/mol. The van der Waals surface area contributed by atoms with Gasteiger partial charge in [0.1, 0.15) is 0 Å². The van der Waals surface area contributed by atoms with Crippen LogP contribution in [-0.4, -0.2) is 0 Å². The first-order valence-corrected chi connectivity index (χ1v) is 7.24. The second kappa shape index (κ2) is 6.59. The van der Waals surface area contributed by atoms with Gasteiger partial charge in [0, 0.05) is 10.0 Å². The fourth-order valence-corrected chi connectivity index (χ4v) is 2.63. The van der Waals surface area contributed by atoms with Crippen LogP contribution < -0.4 is 11.3 Å². The molecule has 0 aliphatic heterocycles. The number of nitrogens with two attached hydrogens (primary N) is 1. The van der Waals surface area contributed by atoms with E-state index in [0.717, 1.165) is 38.7 Å². The van der Waals surface area contributed by atoms with Crippen molar-refractivity contribution in [2.75, 3.05) is 0 Å². The van der Waals surface area contributed by atoms with E-state index in [2.05, 4.69) is 17.6 Å². The Morgan fingerprint density at radius 3 is 2.40 bits per heavy atom. The van der Waals surface area contributed by atoms with E-state index >= 15 is 0 Å². The van der Waals surface area contributed by atoms with Crippen LogP contribution in [-0.2, 0) is 6.42 Å². The molecule has 2 aromatic carbocycles. The lowest BCUT2D eigenvalue weighted by Crippen LogP contribution is -2.29. The largest absolute Gasteiger partial charge is 0.271 e. The Kier molecular flexibility index (Phi) is 5.06. The summed E-state index contributed by atoms with van der Waals surface area (Å²) in [4.78, 5) is 0. The summed E-state index contributed by atoms with van der Waals surface area (Å²) in [5, 5.41) is 1.54. The molecule has 0 amide bonds. The van der Waals surface area contributed by atoms with E-state index in [1.165, 1.54) is 0 Å². The zero-order valence-corrected chi connectivity index (χ0v) is 13.1. The molecule has 0 heterocycles. The Bertz CT molecular complexity index is 611. The molecule has 0 saturated carbocycles. The average Bonchev–Trinajstić information content (AvgIpc) is 2.41. The van der Waals surface area contributed by atoms with Gasteiger partial charge in [-0.2, -0.15) is 0 Å². The number of rotatable bonds is 4. The molecule has 2 rings (SSSR count). The van der Waals surface area contributed by atoms with E-state index < -0.39 is 0 Å². The summed E-state index contributed by atoms with van der Waals surface area (Å²) in [7, 11) is 0. The standard InChI is InChI=1S/C16H18Cl2N2/c1-10-3-4-12(15(18)7-10)9-16(20-19)13-5-6-14(17)11(2)8-13/h3-8,16,20H,9,19H2,1-2H3. The summed E-state index contributed by atoms with van der Waals surface area (Å²) in [6, 6.07) is 12.0. The van der Waals surface area contributed by atoms with Crippen molar-refractivity contribution in [1.29, 1.82) is 0 Å². The molecule has 4 heteroatoms. The molecule has 0 fully saturated rings. The maximum absolute atomic E-state index is 6.28. The molecule has 0 spiro atoms. The molecular formula is C16H18Cl2N2. The fraction of sp³-hybridized carbons (Fsp3) is 0.250. The number of hydrogen-bond acceptors (Lipinski definition) is 2. The lowest BCUT2D eigenvalue weighted by atomic mass is 9.97. The minimum absolute atomic E-state index is 0.00572. The Labute approximate surface area is 129 Å². The molecule has 20 heavy (non-hydrogen) atoms. The second-order valence-electron chi connectivity index (χ2n) is 5.03. The van der Waals surface area contributed by atoms with Gasteiger partial charge in [0.05, 0.1) is 6.04 Å². The minimum atomic E-state index is 0.00572. The van der Waals surface area contributed by atoms with Crippen molar-refractivity contribution >= 4 is 23.2 Å². The quantitative estimate of drug-likeness (QED) is 0.650. The Morgan fingerprint density at radius 2 is 1.80 bits per heavy atom. The maximum atomic E-state index is 6.28. The van der Waals surface area contributed by atoms with Crippen molar-refractivity contribution in [1.82, 2.24) is 5.43 Å². The van der Waals surface area contributed by atoms with Crippen LogP contribution in [0.25, 0.3) is 0 Å². The first-order valence-electron chi connectivity index (χ1n) is 6.48. The van der Waals surface area contributed by atoms with Crippen LogP contribution in [0.2, 0.25) is 10.0 Å². The molecule has 2 nitrogen and oxygen atoms in total. The molecular weight excluding hydrogens is 291 g/mol. The number of aryl methyl sites for hydroxylation is 2. The van der Waals surface area contributed by atoms with Crippen LogP contribution in [0.1, 0.15) is 28.3 Å². The van der Waals surface area contributed by atoms with Gasteiger partial charge in [0.25, 0.3) is 0 Å². The highest BCUT2D eigenvalue weighted by Gasteiger charge is 2.13. The third-order valence-corrected chi connectivity index (χ3v) is 4.19. The molecule has 3 N–H and O–H groups in total. The van der Waals surface area contributed by atoms with Crippen LogP contribution in [0.3, 0.4) is 0 Å². The summed E-state index contributed by atoms with van der Waals surface area (Å²) in [5.74, 6) is 5.69. The third-order valence-electron chi connectivity index (χ3n) is 3.42. The number of nitrogens with one attached hydrogen (secondary N) is 1. The molecule has 0 aliphatic carbocycles. The van der Waals surface area contributed by atoms with Crippen LogP contribution in [0.15, 0.2) is 36.4 Å². The fourth-order valence-electron chi connectivity index (χ4n) is 2.20. The van der Waals surface area contributed by atoms with Gasteiger partial charge in [-0.1, -0.05) is 47.5 Å². The van der Waals surface area contributed by atoms with Gasteiger partial charge in [0.2, 0.25) is 0 Å². The van der Waals surface area contributed by atoms with Gasteiger partial charge < -0.3 is 0 Å². The summed E-state index contributed by atoms with van der Waals surface area (Å²) in [6.45, 7) is 4.01. The number of benzene rings is 2. The molecule has 1 atom stereocenters. The van der Waals surface area contributed by atoms with Gasteiger partial charge in [-0.25, -0.2) is 0 Å². The van der Waals surface area contributed by atoms with E-state index in [1.54, 1.807) is 0 Å². The molecule has 106 valence electrons. The van der Waals surface area contributed by atoms with E-state index in [0.29, 0.717) is 0 Å². The SMILES string of the molecule is Cc1ccc(CC(NN)c2ccc(Cl)c(C)c2)c(Cl)c1. The van der Waals surface area contributed by atoms with Crippen molar-refractivity contribution in [3.8, 4) is 0 Å². The zero-order valence-electron chi connectivity index (χ0n) is 11.6. The summed E-state index contributed by atoms with van der Waals surface area (Å²) in [5.41, 5.74) is 7.23. The lowest BCUT2D eigenvalue weighted by molar-refractivity contribution is 0.551. The van der Waals surface area contributed by atoms with E-state index in [1.807, 2.05) is 38.1 Å². The van der Waals surface area contributed by atoms with Crippen molar-refractivity contribution in [2.24, 2.45) is 5.84 Å². The van der Waals surface area contributed by atoms with Crippen LogP contribution in [0, 0.1) is 13.8 Å². The molecule has 0 radical (unpaired) electrons. The summed E-state index contributed by atoms with van der Waals surface area (Å²) >= 11 is 12.3. The third kappa shape index (κ3) is 3.53. The number of halogens is 2. The molecule has 1 unspecified atom stereocenters. The van der Waals surface area contributed by atoms with Crippen molar-refractivity contribution in [3.05, 3.63) is 68.7 Å². The molecule has 0 aliphatic rings. The lowest BCUT2D eigenvalue weighted by Gasteiger charge is -2.18. The highest BCUT2D eigenvalue weighted by Crippen LogP contribution is 2.26. The van der Waals surface area contributed by atoms with E-state index in [9.17, 15) is 0 Å². The van der Waals surface area contributed by atoms with Crippen molar-refractivity contribution in [3.63, 3.8) is 0 Å². The zero-order chi connectivity index (χ0) is 14.7. The average molecular weight is 309 g/mol. The molecule has 0 aromatic heterocycles. The van der Waals surface area contributed by atoms with Crippen LogP contribution in [0.4, 0.5) is 0 Å². The molecule has 2 aromatic rings. The van der Waals surface area contributed by atoms with Crippen LogP contribution >= 0.6 is 23.2 Å². The van der Waals surface area contributed by atoms with Gasteiger partial charge in [-0.15, -0.1) is 0 Å². The van der Waals surface area contributed by atoms with Crippen LogP contribution in [0.5, 0.6) is 0 Å². The van der Waals surface area contributed by atoms with Gasteiger partial charge in [-0.05, 0) is 54.7 Å². The Morgan fingerprint density at radius 1 is 1.05 bits per heavy atom. The second-order valence-corrected chi connectivity index (χ2v) is 5.84. The molecule has 0 bridgehead atoms. The number of hydrazine groups is 1. The number of hydrogen-bond donors (Lipinski definition) is 2. The summed E-state index contributed by atoms with van der Waals surface area (Å²) in [6.07, 6.45) is 0.733. The highest BCUT2D eigenvalue weighted by atomic mass is 35.5. The van der Waals surface area contributed by atoms with Gasteiger partial charge >= 0.3 is 0 Å². The van der Waals surface area contributed by atoms with Crippen molar-refractivity contribution < 1.29 is 0 Å². The Hall–Kier alpha value is -1.06. The highest BCUT2D eigenvalue weighted by molar-refractivity contribution is 6.31. The minimum Gasteiger partial charge on any atom is -0.271 e.